The van der Waals surface area contributed by atoms with Crippen LogP contribution < -0.4 is 11.0 Å². The monoisotopic (exact) mass is 213 g/mol. The van der Waals surface area contributed by atoms with Crippen molar-refractivity contribution in [3.8, 4) is 0 Å². The second-order valence-electron chi connectivity index (χ2n) is 3.26. The molecule has 0 saturated heterocycles. The van der Waals surface area contributed by atoms with E-state index in [-0.39, 0.29) is 0 Å². The molecule has 2 atom stereocenters. The minimum atomic E-state index is -1.03. The molecule has 6 heteroatoms. The number of rotatable bonds is 5. The third-order valence-electron chi connectivity index (χ3n) is 2.09. The fourth-order valence-electron chi connectivity index (χ4n) is 1.19. The van der Waals surface area contributed by atoms with Gasteiger partial charge in [-0.05, 0) is 20.0 Å². The predicted molar refractivity (Wildman–Crippen MR) is 54.4 cm³/mol. The van der Waals surface area contributed by atoms with Crippen LogP contribution in [0.15, 0.2) is 17.2 Å². The fourth-order valence-corrected chi connectivity index (χ4v) is 1.19. The van der Waals surface area contributed by atoms with Crippen molar-refractivity contribution >= 4 is 0 Å². The molecule has 0 radical (unpaired) electrons. The Morgan fingerprint density at radius 1 is 1.60 bits per heavy atom. The molecule has 4 N–H and O–H groups in total. The standard InChI is InChI=1S/C9H15N3O3/c1-10-3-2-7(13)8(14)6-4-11-9(15)12-5-6/h4-5,7-8,10,13-14H,2-3H2,1H3,(H,11,12,15). The van der Waals surface area contributed by atoms with E-state index >= 15 is 0 Å². The van der Waals surface area contributed by atoms with E-state index in [0.29, 0.717) is 18.5 Å². The molecular formula is C9H15N3O3. The summed E-state index contributed by atoms with van der Waals surface area (Å²) in [4.78, 5) is 16.5. The molecule has 1 aromatic rings. The van der Waals surface area contributed by atoms with Gasteiger partial charge in [0.25, 0.3) is 0 Å². The Balaban J connectivity index is 2.62. The highest BCUT2D eigenvalue weighted by molar-refractivity contribution is 5.08. The molecular weight excluding hydrogens is 198 g/mol. The average molecular weight is 213 g/mol. The molecule has 0 aliphatic heterocycles. The Morgan fingerprint density at radius 3 is 2.87 bits per heavy atom. The quantitative estimate of drug-likeness (QED) is 0.491. The molecule has 0 bridgehead atoms. The lowest BCUT2D eigenvalue weighted by Gasteiger charge is -2.17. The molecule has 0 fully saturated rings. The van der Waals surface area contributed by atoms with Crippen LogP contribution in [-0.4, -0.2) is 39.9 Å². The van der Waals surface area contributed by atoms with Crippen LogP contribution in [0.4, 0.5) is 0 Å². The van der Waals surface area contributed by atoms with Gasteiger partial charge in [0.15, 0.2) is 0 Å². The number of aromatic nitrogens is 2. The van der Waals surface area contributed by atoms with Crippen LogP contribution in [0.3, 0.4) is 0 Å². The summed E-state index contributed by atoms with van der Waals surface area (Å²) < 4.78 is 0. The first-order valence-corrected chi connectivity index (χ1v) is 4.70. The van der Waals surface area contributed by atoms with Crippen LogP contribution in [0.2, 0.25) is 0 Å². The third-order valence-corrected chi connectivity index (χ3v) is 2.09. The van der Waals surface area contributed by atoms with Crippen molar-refractivity contribution in [1.82, 2.24) is 15.3 Å². The Morgan fingerprint density at radius 2 is 2.33 bits per heavy atom. The van der Waals surface area contributed by atoms with Crippen LogP contribution in [0.1, 0.15) is 18.1 Å². The molecule has 1 heterocycles. The van der Waals surface area contributed by atoms with Crippen LogP contribution in [0, 0.1) is 0 Å². The van der Waals surface area contributed by atoms with E-state index < -0.39 is 17.9 Å². The Kier molecular flexibility index (Phi) is 4.41. The van der Waals surface area contributed by atoms with Crippen LogP contribution >= 0.6 is 0 Å². The molecule has 0 amide bonds. The zero-order valence-corrected chi connectivity index (χ0v) is 8.47. The molecule has 1 aromatic heterocycles. The molecule has 1 rings (SSSR count). The summed E-state index contributed by atoms with van der Waals surface area (Å²) in [5.74, 6) is 0. The SMILES string of the molecule is CNCCC(O)C(O)c1cnc(=O)[nH]c1. The lowest BCUT2D eigenvalue weighted by Crippen LogP contribution is -2.24. The van der Waals surface area contributed by atoms with Gasteiger partial charge < -0.3 is 20.5 Å². The highest BCUT2D eigenvalue weighted by Crippen LogP contribution is 2.15. The first-order valence-electron chi connectivity index (χ1n) is 4.70. The number of aromatic amines is 1. The normalized spacial score (nSPS) is 14.9. The van der Waals surface area contributed by atoms with Gasteiger partial charge in [-0.2, -0.15) is 0 Å². The summed E-state index contributed by atoms with van der Waals surface area (Å²) in [7, 11) is 1.76. The molecule has 0 aliphatic rings. The summed E-state index contributed by atoms with van der Waals surface area (Å²) in [6, 6.07) is 0. The van der Waals surface area contributed by atoms with Gasteiger partial charge in [-0.25, -0.2) is 9.78 Å². The maximum atomic E-state index is 10.7. The molecule has 0 aromatic carbocycles. The van der Waals surface area contributed by atoms with E-state index in [1.54, 1.807) is 7.05 Å². The van der Waals surface area contributed by atoms with Crippen molar-refractivity contribution in [2.45, 2.75) is 18.6 Å². The summed E-state index contributed by atoms with van der Waals surface area (Å²) in [6.07, 6.45) is 1.14. The highest BCUT2D eigenvalue weighted by Gasteiger charge is 2.17. The van der Waals surface area contributed by atoms with Gasteiger partial charge >= 0.3 is 5.69 Å². The van der Waals surface area contributed by atoms with Crippen LogP contribution in [-0.2, 0) is 0 Å². The van der Waals surface area contributed by atoms with Crippen LogP contribution in [0.5, 0.6) is 0 Å². The molecule has 6 nitrogen and oxygen atoms in total. The van der Waals surface area contributed by atoms with Gasteiger partial charge in [-0.15, -0.1) is 0 Å². The number of aliphatic hydroxyl groups excluding tert-OH is 2. The zero-order valence-electron chi connectivity index (χ0n) is 8.47. The molecule has 84 valence electrons. The first kappa shape index (κ1) is 11.8. The number of aliphatic hydroxyl groups is 2. The lowest BCUT2D eigenvalue weighted by atomic mass is 10.1. The summed E-state index contributed by atoms with van der Waals surface area (Å²) in [5, 5.41) is 22.1. The molecule has 0 saturated carbocycles. The van der Waals surface area contributed by atoms with Crippen molar-refractivity contribution in [2.24, 2.45) is 0 Å². The van der Waals surface area contributed by atoms with E-state index in [1.165, 1.54) is 12.4 Å². The topological polar surface area (TPSA) is 98.2 Å². The van der Waals surface area contributed by atoms with Gasteiger partial charge in [-0.1, -0.05) is 0 Å². The van der Waals surface area contributed by atoms with Gasteiger partial charge in [0.1, 0.15) is 6.10 Å². The molecule has 0 aliphatic carbocycles. The fraction of sp³-hybridized carbons (Fsp3) is 0.556. The Hall–Kier alpha value is -1.24. The van der Waals surface area contributed by atoms with Gasteiger partial charge in [0, 0.05) is 18.0 Å². The van der Waals surface area contributed by atoms with Crippen molar-refractivity contribution in [3.05, 3.63) is 28.4 Å². The zero-order chi connectivity index (χ0) is 11.3. The van der Waals surface area contributed by atoms with Gasteiger partial charge in [0.05, 0.1) is 6.10 Å². The largest absolute Gasteiger partial charge is 0.390 e. The van der Waals surface area contributed by atoms with Gasteiger partial charge in [0.2, 0.25) is 0 Å². The van der Waals surface area contributed by atoms with Crippen LogP contribution in [0.25, 0.3) is 0 Å². The second kappa shape index (κ2) is 5.59. The third kappa shape index (κ3) is 3.43. The second-order valence-corrected chi connectivity index (χ2v) is 3.26. The summed E-state index contributed by atoms with van der Waals surface area (Å²) in [6.45, 7) is 0.606. The number of hydrogen-bond donors (Lipinski definition) is 4. The number of nitrogens with zero attached hydrogens (tertiary/aromatic N) is 1. The lowest BCUT2D eigenvalue weighted by molar-refractivity contribution is 0.0136. The van der Waals surface area contributed by atoms with Crippen molar-refractivity contribution in [2.75, 3.05) is 13.6 Å². The Labute approximate surface area is 87.0 Å². The smallest absolute Gasteiger partial charge is 0.344 e. The summed E-state index contributed by atoms with van der Waals surface area (Å²) in [5.41, 5.74) is -0.0751. The predicted octanol–water partition coefficient (Wildman–Crippen LogP) is -1.23. The van der Waals surface area contributed by atoms with E-state index in [4.69, 9.17) is 0 Å². The maximum absolute atomic E-state index is 10.7. The van der Waals surface area contributed by atoms with E-state index in [9.17, 15) is 15.0 Å². The molecule has 15 heavy (non-hydrogen) atoms. The van der Waals surface area contributed by atoms with E-state index in [1.807, 2.05) is 0 Å². The highest BCUT2D eigenvalue weighted by atomic mass is 16.3. The minimum absolute atomic E-state index is 0.401. The maximum Gasteiger partial charge on any atom is 0.344 e. The number of H-pyrrole nitrogens is 1. The number of hydrogen-bond acceptors (Lipinski definition) is 5. The number of nitrogens with one attached hydrogen (secondary N) is 2. The van der Waals surface area contributed by atoms with Crippen molar-refractivity contribution < 1.29 is 10.2 Å². The Bertz CT molecular complexity index is 332. The molecule has 2 unspecified atom stereocenters. The first-order chi connectivity index (χ1) is 7.15. The van der Waals surface area contributed by atoms with E-state index in [0.717, 1.165) is 0 Å². The van der Waals surface area contributed by atoms with Gasteiger partial charge in [-0.3, -0.25) is 0 Å². The van der Waals surface area contributed by atoms with Crippen molar-refractivity contribution in [3.63, 3.8) is 0 Å². The minimum Gasteiger partial charge on any atom is -0.390 e. The molecule has 0 spiro atoms. The van der Waals surface area contributed by atoms with Crippen molar-refractivity contribution in [1.29, 1.82) is 0 Å². The average Bonchev–Trinajstić information content (AvgIpc) is 2.26. The van der Waals surface area contributed by atoms with E-state index in [2.05, 4.69) is 15.3 Å². The summed E-state index contributed by atoms with van der Waals surface area (Å²) >= 11 is 0.